The van der Waals surface area contributed by atoms with Crippen LogP contribution in [0.15, 0.2) is 36.4 Å². The molecule has 2 N–H and O–H groups in total. The van der Waals surface area contributed by atoms with E-state index in [9.17, 15) is 10.2 Å². The van der Waals surface area contributed by atoms with Gasteiger partial charge < -0.3 is 10.2 Å². The Morgan fingerprint density at radius 3 is 1.58 bits per heavy atom. The van der Waals surface area contributed by atoms with E-state index in [2.05, 4.69) is 12.1 Å². The van der Waals surface area contributed by atoms with Crippen LogP contribution in [0.25, 0.3) is 0 Å². The highest BCUT2D eigenvalue weighted by molar-refractivity contribution is 5.50. The molecule has 0 aliphatic heterocycles. The Morgan fingerprint density at radius 2 is 1.16 bits per heavy atom. The molecule has 0 saturated heterocycles. The molecular weight excluding hydrogens is 236 g/mol. The van der Waals surface area contributed by atoms with Gasteiger partial charge in [-0.2, -0.15) is 0 Å². The third kappa shape index (κ3) is 1.49. The Kier molecular flexibility index (Phi) is 2.03. The van der Waals surface area contributed by atoms with Gasteiger partial charge >= 0.3 is 0 Å². The summed E-state index contributed by atoms with van der Waals surface area (Å²) in [6, 6.07) is 11.6. The first-order valence-corrected chi connectivity index (χ1v) is 6.76. The minimum Gasteiger partial charge on any atom is -0.508 e. The summed E-state index contributed by atoms with van der Waals surface area (Å²) in [5.41, 5.74) is 4.92. The normalized spacial score (nSPS) is 18.5. The molecule has 0 heterocycles. The predicted molar refractivity (Wildman–Crippen MR) is 73.5 cm³/mol. The second kappa shape index (κ2) is 3.53. The van der Waals surface area contributed by atoms with Gasteiger partial charge in [-0.05, 0) is 65.5 Å². The Bertz CT molecular complexity index is 613. The van der Waals surface area contributed by atoms with Crippen molar-refractivity contribution in [2.75, 3.05) is 0 Å². The number of benzene rings is 2. The van der Waals surface area contributed by atoms with Gasteiger partial charge in [-0.25, -0.2) is 0 Å². The van der Waals surface area contributed by atoms with Crippen molar-refractivity contribution in [1.82, 2.24) is 0 Å². The van der Waals surface area contributed by atoms with Gasteiger partial charge in [0.15, 0.2) is 0 Å². The highest BCUT2D eigenvalue weighted by Gasteiger charge is 2.43. The van der Waals surface area contributed by atoms with Crippen molar-refractivity contribution in [3.8, 4) is 11.5 Å². The number of phenols is 2. The van der Waals surface area contributed by atoms with Crippen LogP contribution in [-0.4, -0.2) is 10.2 Å². The molecule has 2 aliphatic rings. The molecule has 2 aliphatic carbocycles. The predicted octanol–water partition coefficient (Wildman–Crippen LogP) is 2.98. The van der Waals surface area contributed by atoms with Crippen LogP contribution in [0.1, 0.15) is 22.3 Å². The van der Waals surface area contributed by atoms with E-state index in [0.29, 0.717) is 11.5 Å². The zero-order valence-corrected chi connectivity index (χ0v) is 10.7. The zero-order valence-electron chi connectivity index (χ0n) is 10.7. The topological polar surface area (TPSA) is 40.5 Å². The van der Waals surface area contributed by atoms with Crippen LogP contribution in [0.4, 0.5) is 0 Å². The molecular formula is C17H16O2. The lowest BCUT2D eigenvalue weighted by molar-refractivity contribution is 0.321. The maximum Gasteiger partial charge on any atom is 0.119 e. The molecule has 0 bridgehead atoms. The van der Waals surface area contributed by atoms with Gasteiger partial charge in [0.1, 0.15) is 11.5 Å². The third-order valence-corrected chi connectivity index (χ3v) is 4.73. The maximum absolute atomic E-state index is 10.00. The lowest BCUT2D eigenvalue weighted by Crippen LogP contribution is -2.21. The second-order valence-corrected chi connectivity index (χ2v) is 6.04. The molecule has 0 aromatic heterocycles. The molecule has 0 saturated carbocycles. The van der Waals surface area contributed by atoms with Crippen LogP contribution in [0.3, 0.4) is 0 Å². The van der Waals surface area contributed by atoms with Crippen molar-refractivity contribution in [3.05, 3.63) is 58.7 Å². The molecule has 4 rings (SSSR count). The molecule has 1 spiro atoms. The highest BCUT2D eigenvalue weighted by atomic mass is 16.3. The summed E-state index contributed by atoms with van der Waals surface area (Å²) < 4.78 is 0. The maximum atomic E-state index is 10.00. The monoisotopic (exact) mass is 252 g/mol. The van der Waals surface area contributed by atoms with Crippen LogP contribution in [0, 0.1) is 5.41 Å². The van der Waals surface area contributed by atoms with Crippen LogP contribution in [-0.2, 0) is 25.7 Å². The summed E-state index contributed by atoms with van der Waals surface area (Å²) in [6.07, 6.45) is 3.85. The standard InChI is InChI=1S/C17H16O2/c18-15-5-1-3-11-7-17(9-13(11)15)8-12-4-2-6-16(19)14(12)10-17/h1-6,18-19H,7-10H2. The molecule has 19 heavy (non-hydrogen) atoms. The molecule has 0 fully saturated rings. The lowest BCUT2D eigenvalue weighted by Gasteiger charge is -2.22. The summed E-state index contributed by atoms with van der Waals surface area (Å²) in [7, 11) is 0. The van der Waals surface area contributed by atoms with Gasteiger partial charge in [0, 0.05) is 0 Å². The van der Waals surface area contributed by atoms with Gasteiger partial charge in [0.25, 0.3) is 0 Å². The van der Waals surface area contributed by atoms with Gasteiger partial charge in [-0.15, -0.1) is 0 Å². The van der Waals surface area contributed by atoms with Crippen LogP contribution in [0.2, 0.25) is 0 Å². The Morgan fingerprint density at radius 1 is 0.684 bits per heavy atom. The summed E-state index contributed by atoms with van der Waals surface area (Å²) >= 11 is 0. The minimum absolute atomic E-state index is 0.169. The van der Waals surface area contributed by atoms with E-state index < -0.39 is 0 Å². The fraction of sp³-hybridized carbons (Fsp3) is 0.294. The minimum atomic E-state index is 0.169. The Labute approximate surface area is 112 Å². The van der Waals surface area contributed by atoms with Gasteiger partial charge in [-0.3, -0.25) is 0 Å². The van der Waals surface area contributed by atoms with Crippen LogP contribution in [0.5, 0.6) is 11.5 Å². The summed E-state index contributed by atoms with van der Waals surface area (Å²) in [6.45, 7) is 0. The van der Waals surface area contributed by atoms with Crippen molar-refractivity contribution in [3.63, 3.8) is 0 Å². The molecule has 0 atom stereocenters. The van der Waals surface area contributed by atoms with Crippen LogP contribution < -0.4 is 0 Å². The fourth-order valence-electron chi connectivity index (χ4n) is 3.91. The SMILES string of the molecule is Oc1cccc2c1CC1(C2)Cc2cccc(O)c2C1. The Hall–Kier alpha value is -1.96. The highest BCUT2D eigenvalue weighted by Crippen LogP contribution is 2.50. The van der Waals surface area contributed by atoms with E-state index in [1.165, 1.54) is 11.1 Å². The largest absolute Gasteiger partial charge is 0.508 e. The van der Waals surface area contributed by atoms with E-state index in [4.69, 9.17) is 0 Å². The van der Waals surface area contributed by atoms with Gasteiger partial charge in [0.05, 0.1) is 0 Å². The zero-order chi connectivity index (χ0) is 13.0. The molecule has 2 aromatic rings. The first-order valence-electron chi connectivity index (χ1n) is 6.76. The number of hydrogen-bond donors (Lipinski definition) is 2. The van der Waals surface area contributed by atoms with Crippen molar-refractivity contribution in [2.45, 2.75) is 25.7 Å². The summed E-state index contributed by atoms with van der Waals surface area (Å²) in [5.74, 6) is 0.851. The van der Waals surface area contributed by atoms with E-state index in [-0.39, 0.29) is 5.41 Å². The first-order chi connectivity index (χ1) is 9.17. The molecule has 0 amide bonds. The summed E-state index contributed by atoms with van der Waals surface area (Å²) in [4.78, 5) is 0. The van der Waals surface area contributed by atoms with E-state index >= 15 is 0 Å². The molecule has 2 heteroatoms. The number of fused-ring (bicyclic) bond motifs is 2. The molecule has 96 valence electrons. The second-order valence-electron chi connectivity index (χ2n) is 6.04. The van der Waals surface area contributed by atoms with E-state index in [1.807, 2.05) is 12.1 Å². The molecule has 2 aromatic carbocycles. The smallest absolute Gasteiger partial charge is 0.119 e. The fourth-order valence-corrected chi connectivity index (χ4v) is 3.91. The van der Waals surface area contributed by atoms with Crippen molar-refractivity contribution in [1.29, 1.82) is 0 Å². The number of rotatable bonds is 0. The van der Waals surface area contributed by atoms with Crippen molar-refractivity contribution >= 4 is 0 Å². The third-order valence-electron chi connectivity index (χ3n) is 4.73. The van der Waals surface area contributed by atoms with Gasteiger partial charge in [0.2, 0.25) is 0 Å². The lowest BCUT2D eigenvalue weighted by atomic mass is 9.82. The Balaban J connectivity index is 1.75. The van der Waals surface area contributed by atoms with Crippen molar-refractivity contribution < 1.29 is 10.2 Å². The van der Waals surface area contributed by atoms with E-state index in [0.717, 1.165) is 36.8 Å². The van der Waals surface area contributed by atoms with Crippen molar-refractivity contribution in [2.24, 2.45) is 5.41 Å². The molecule has 0 radical (unpaired) electrons. The quantitative estimate of drug-likeness (QED) is 0.756. The molecule has 2 nitrogen and oxygen atoms in total. The van der Waals surface area contributed by atoms with Gasteiger partial charge in [-0.1, -0.05) is 24.3 Å². The number of aromatic hydroxyl groups is 2. The first kappa shape index (κ1) is 10.9. The average molecular weight is 252 g/mol. The number of phenolic OH excluding ortho intramolecular Hbond substituents is 2. The number of hydrogen-bond acceptors (Lipinski definition) is 2. The average Bonchev–Trinajstić information content (AvgIpc) is 2.92. The molecule has 0 unspecified atom stereocenters. The summed E-state index contributed by atoms with van der Waals surface area (Å²) in [5, 5.41) is 20.0. The van der Waals surface area contributed by atoms with Crippen LogP contribution >= 0.6 is 0 Å². The van der Waals surface area contributed by atoms with E-state index in [1.54, 1.807) is 12.1 Å².